The molecule has 236 valence electrons. The first-order valence-electron chi connectivity index (χ1n) is 16.1. The van der Waals surface area contributed by atoms with E-state index in [1.54, 1.807) is 13.2 Å². The van der Waals surface area contributed by atoms with Gasteiger partial charge in [0.2, 0.25) is 5.56 Å². The van der Waals surface area contributed by atoms with Gasteiger partial charge in [-0.2, -0.15) is 0 Å². The van der Waals surface area contributed by atoms with Crippen LogP contribution in [0.2, 0.25) is 0 Å². The summed E-state index contributed by atoms with van der Waals surface area (Å²) >= 11 is 0. The summed E-state index contributed by atoms with van der Waals surface area (Å²) in [6, 6.07) is 20.0. The summed E-state index contributed by atoms with van der Waals surface area (Å²) in [6.07, 6.45) is 5.51. The fraction of sp³-hybridized carbons (Fsp3) is 0.432. The molecule has 2 aliphatic rings. The molecular formula is C37H43N3O5. The number of amides is 1. The van der Waals surface area contributed by atoms with E-state index in [9.17, 15) is 9.59 Å². The SMILES string of the molecule is COc1ccc(CCc2cccc(OCC3CC3)c2-c2cc(C3CCCN(C(=O)OC(C)(C)C)C3)c3ccc(=O)[nH]c3n2)cc1. The topological polar surface area (TPSA) is 93.7 Å². The molecule has 1 N–H and O–H groups in total. The van der Waals surface area contributed by atoms with Gasteiger partial charge in [0.05, 0.1) is 19.4 Å². The van der Waals surface area contributed by atoms with Crippen LogP contribution < -0.4 is 15.0 Å². The number of nitrogens with zero attached hydrogens (tertiary/aromatic N) is 2. The van der Waals surface area contributed by atoms with Crippen LogP contribution in [0.15, 0.2) is 65.5 Å². The number of benzene rings is 2. The highest BCUT2D eigenvalue weighted by Crippen LogP contribution is 2.40. The van der Waals surface area contributed by atoms with Gasteiger partial charge < -0.3 is 24.1 Å². The number of H-pyrrole nitrogens is 1. The number of hydrogen-bond donors (Lipinski definition) is 1. The Morgan fingerprint density at radius 1 is 1.02 bits per heavy atom. The van der Waals surface area contributed by atoms with Gasteiger partial charge in [0, 0.05) is 36.0 Å². The van der Waals surface area contributed by atoms with Crippen molar-refractivity contribution in [3.8, 4) is 22.8 Å². The van der Waals surface area contributed by atoms with Crippen molar-refractivity contribution in [2.45, 2.75) is 70.8 Å². The maximum atomic E-state index is 13.1. The minimum atomic E-state index is -0.563. The monoisotopic (exact) mass is 609 g/mol. The van der Waals surface area contributed by atoms with Crippen molar-refractivity contribution >= 4 is 17.1 Å². The van der Waals surface area contributed by atoms with Gasteiger partial charge in [0.1, 0.15) is 22.7 Å². The molecular weight excluding hydrogens is 566 g/mol. The van der Waals surface area contributed by atoms with Crippen LogP contribution in [0.5, 0.6) is 11.5 Å². The van der Waals surface area contributed by atoms with Gasteiger partial charge in [0.25, 0.3) is 0 Å². The summed E-state index contributed by atoms with van der Waals surface area (Å²) in [5.74, 6) is 2.30. The lowest BCUT2D eigenvalue weighted by Crippen LogP contribution is -2.42. The van der Waals surface area contributed by atoms with E-state index in [-0.39, 0.29) is 17.6 Å². The average molecular weight is 610 g/mol. The molecule has 1 saturated carbocycles. The lowest BCUT2D eigenvalue weighted by molar-refractivity contribution is 0.0198. The highest BCUT2D eigenvalue weighted by Gasteiger charge is 2.30. The first-order valence-corrected chi connectivity index (χ1v) is 16.1. The van der Waals surface area contributed by atoms with Crippen molar-refractivity contribution in [3.05, 3.63) is 87.7 Å². The molecule has 0 radical (unpaired) electrons. The molecule has 8 heteroatoms. The molecule has 2 aromatic carbocycles. The number of aromatic amines is 1. The zero-order chi connectivity index (χ0) is 31.6. The fourth-order valence-electron chi connectivity index (χ4n) is 6.11. The predicted molar refractivity (Wildman–Crippen MR) is 176 cm³/mol. The summed E-state index contributed by atoms with van der Waals surface area (Å²) in [6.45, 7) is 7.54. The van der Waals surface area contributed by atoms with Crippen LogP contribution in [0, 0.1) is 5.92 Å². The first kappa shape index (κ1) is 30.7. The molecule has 4 aromatic rings. The number of aromatic nitrogens is 2. The van der Waals surface area contributed by atoms with E-state index < -0.39 is 5.60 Å². The maximum Gasteiger partial charge on any atom is 0.410 e. The van der Waals surface area contributed by atoms with Crippen LogP contribution in [0.4, 0.5) is 4.79 Å². The van der Waals surface area contributed by atoms with Gasteiger partial charge in [-0.25, -0.2) is 9.78 Å². The van der Waals surface area contributed by atoms with Crippen molar-refractivity contribution in [2.24, 2.45) is 5.92 Å². The number of ether oxygens (including phenoxy) is 3. The Labute approximate surface area is 264 Å². The van der Waals surface area contributed by atoms with E-state index in [2.05, 4.69) is 35.3 Å². The average Bonchev–Trinajstić information content (AvgIpc) is 3.86. The van der Waals surface area contributed by atoms with Gasteiger partial charge in [0.15, 0.2) is 0 Å². The number of pyridine rings is 2. The molecule has 1 unspecified atom stereocenters. The van der Waals surface area contributed by atoms with Crippen LogP contribution in [-0.4, -0.2) is 53.4 Å². The van der Waals surface area contributed by atoms with Gasteiger partial charge in [-0.15, -0.1) is 0 Å². The van der Waals surface area contributed by atoms with Crippen molar-refractivity contribution in [2.75, 3.05) is 26.8 Å². The van der Waals surface area contributed by atoms with E-state index in [1.807, 2.05) is 49.9 Å². The Balaban J connectivity index is 1.40. The number of nitrogens with one attached hydrogen (secondary N) is 1. The third kappa shape index (κ3) is 7.49. The molecule has 0 spiro atoms. The lowest BCUT2D eigenvalue weighted by atomic mass is 9.87. The molecule has 1 aliphatic carbocycles. The largest absolute Gasteiger partial charge is 0.497 e. The fourth-order valence-corrected chi connectivity index (χ4v) is 6.11. The summed E-state index contributed by atoms with van der Waals surface area (Å²) < 4.78 is 17.5. The van der Waals surface area contributed by atoms with E-state index in [0.717, 1.165) is 65.0 Å². The van der Waals surface area contributed by atoms with Crippen LogP contribution in [0.25, 0.3) is 22.3 Å². The summed E-state index contributed by atoms with van der Waals surface area (Å²) in [7, 11) is 1.68. The Kier molecular flexibility index (Phi) is 8.83. The lowest BCUT2D eigenvalue weighted by Gasteiger charge is -2.34. The Morgan fingerprint density at radius 2 is 1.82 bits per heavy atom. The van der Waals surface area contributed by atoms with Crippen LogP contribution in [0.3, 0.4) is 0 Å². The van der Waals surface area contributed by atoms with E-state index in [1.165, 1.54) is 18.4 Å². The first-order chi connectivity index (χ1) is 21.7. The molecule has 1 amide bonds. The van der Waals surface area contributed by atoms with Gasteiger partial charge in [-0.05, 0) is 112 Å². The van der Waals surface area contributed by atoms with Gasteiger partial charge in [-0.3, -0.25) is 4.79 Å². The van der Waals surface area contributed by atoms with Crippen molar-refractivity contribution in [3.63, 3.8) is 0 Å². The number of hydrogen-bond acceptors (Lipinski definition) is 6. The molecule has 8 nitrogen and oxygen atoms in total. The van der Waals surface area contributed by atoms with E-state index in [0.29, 0.717) is 31.3 Å². The number of fused-ring (bicyclic) bond motifs is 1. The molecule has 1 aliphatic heterocycles. The van der Waals surface area contributed by atoms with E-state index >= 15 is 0 Å². The van der Waals surface area contributed by atoms with Crippen LogP contribution in [0.1, 0.15) is 69.1 Å². The third-order valence-electron chi connectivity index (χ3n) is 8.63. The molecule has 2 fully saturated rings. The molecule has 1 atom stereocenters. The second kappa shape index (κ2) is 13.0. The summed E-state index contributed by atoms with van der Waals surface area (Å²) in [4.78, 5) is 35.4. The third-order valence-corrected chi connectivity index (χ3v) is 8.63. The molecule has 6 rings (SSSR count). The standard InChI is InChI=1S/C37H43N3O5/c1-37(2,3)45-36(42)40-20-6-8-27(22-40)30-21-31(38-35-29(30)18-19-33(41)39-35)34-26(7-5-9-32(34)44-23-25-10-11-25)15-12-24-13-16-28(43-4)17-14-24/h5,7,9,13-14,16-19,21,25,27H,6,8,10-12,15,20,22-23H2,1-4H3,(H,38,39,41). The minimum absolute atomic E-state index is 0.0590. The maximum absolute atomic E-state index is 13.1. The number of methoxy groups -OCH3 is 1. The van der Waals surface area contributed by atoms with Crippen molar-refractivity contribution in [1.82, 2.24) is 14.9 Å². The van der Waals surface area contributed by atoms with Crippen LogP contribution in [-0.2, 0) is 17.6 Å². The number of rotatable bonds is 9. The minimum Gasteiger partial charge on any atom is -0.497 e. The Morgan fingerprint density at radius 3 is 2.56 bits per heavy atom. The van der Waals surface area contributed by atoms with Crippen molar-refractivity contribution < 1.29 is 19.0 Å². The summed E-state index contributed by atoms with van der Waals surface area (Å²) in [5.41, 5.74) is 4.92. The molecule has 45 heavy (non-hydrogen) atoms. The normalized spacial score (nSPS) is 16.9. The number of piperidine rings is 1. The molecule has 1 saturated heterocycles. The van der Waals surface area contributed by atoms with Gasteiger partial charge in [-0.1, -0.05) is 24.3 Å². The quantitative estimate of drug-likeness (QED) is 0.214. The Bertz CT molecular complexity index is 1720. The highest BCUT2D eigenvalue weighted by molar-refractivity contribution is 5.85. The number of carbonyl (C=O) groups is 1. The second-order valence-electron chi connectivity index (χ2n) is 13.3. The molecule has 0 bridgehead atoms. The second-order valence-corrected chi connectivity index (χ2v) is 13.3. The summed E-state index contributed by atoms with van der Waals surface area (Å²) in [5, 5.41) is 0.894. The zero-order valence-electron chi connectivity index (χ0n) is 26.7. The predicted octanol–water partition coefficient (Wildman–Crippen LogP) is 7.29. The molecule has 2 aromatic heterocycles. The smallest absolute Gasteiger partial charge is 0.410 e. The zero-order valence-corrected chi connectivity index (χ0v) is 26.7. The van der Waals surface area contributed by atoms with E-state index in [4.69, 9.17) is 19.2 Å². The van der Waals surface area contributed by atoms with Crippen LogP contribution >= 0.6 is 0 Å². The Hall–Kier alpha value is -4.33. The number of likely N-dealkylation sites (tertiary alicyclic amines) is 1. The number of aryl methyl sites for hydroxylation is 2. The van der Waals surface area contributed by atoms with Crippen molar-refractivity contribution in [1.29, 1.82) is 0 Å². The van der Waals surface area contributed by atoms with Gasteiger partial charge >= 0.3 is 6.09 Å². The number of carbonyl (C=O) groups excluding carboxylic acids is 1. The molecule has 3 heterocycles. The highest BCUT2D eigenvalue weighted by atomic mass is 16.6.